The number of fused-ring (bicyclic) bond motifs is 1. The maximum atomic E-state index is 15.0. The first-order valence-electron chi connectivity index (χ1n) is 11.0. The third-order valence-electron chi connectivity index (χ3n) is 5.78. The zero-order chi connectivity index (χ0) is 24.8. The number of imide groups is 2. The number of amides is 5. The SMILES string of the molecule is CC(C)(C)OC(=O)NN1CCN(c2cc3c(cc2F)C(=O)N(C2CCC(=O)NC2=O)C3=O)CC1. The Bertz CT molecular complexity index is 1080. The Labute approximate surface area is 195 Å². The van der Waals surface area contributed by atoms with Gasteiger partial charge in [-0.15, -0.1) is 0 Å². The summed E-state index contributed by atoms with van der Waals surface area (Å²) in [5.41, 5.74) is 2.08. The molecule has 34 heavy (non-hydrogen) atoms. The van der Waals surface area contributed by atoms with E-state index >= 15 is 0 Å². The molecule has 1 atom stereocenters. The van der Waals surface area contributed by atoms with E-state index in [4.69, 9.17) is 4.74 Å². The lowest BCUT2D eigenvalue weighted by molar-refractivity contribution is -0.136. The van der Waals surface area contributed by atoms with Crippen LogP contribution >= 0.6 is 0 Å². The van der Waals surface area contributed by atoms with Crippen LogP contribution in [0, 0.1) is 5.82 Å². The summed E-state index contributed by atoms with van der Waals surface area (Å²) < 4.78 is 20.2. The highest BCUT2D eigenvalue weighted by Crippen LogP contribution is 2.33. The molecular weight excluding hydrogens is 449 g/mol. The van der Waals surface area contributed by atoms with Crippen LogP contribution in [0.15, 0.2) is 12.1 Å². The molecule has 3 aliphatic heterocycles. The fourth-order valence-corrected chi connectivity index (χ4v) is 4.21. The van der Waals surface area contributed by atoms with Crippen LogP contribution in [0.5, 0.6) is 0 Å². The van der Waals surface area contributed by atoms with E-state index in [2.05, 4.69) is 10.7 Å². The van der Waals surface area contributed by atoms with Crippen molar-refractivity contribution in [2.75, 3.05) is 31.1 Å². The quantitative estimate of drug-likeness (QED) is 0.614. The monoisotopic (exact) mass is 475 g/mol. The molecule has 2 N–H and O–H groups in total. The lowest BCUT2D eigenvalue weighted by atomic mass is 10.0. The second-order valence-corrected chi connectivity index (χ2v) is 9.38. The molecule has 0 bridgehead atoms. The number of hydrogen-bond acceptors (Lipinski definition) is 8. The molecule has 1 unspecified atom stereocenters. The standard InChI is InChI=1S/C22H26FN5O6/c1-22(2,3)34-21(33)25-27-8-6-26(7-9-27)16-11-13-12(10-14(16)23)19(31)28(20(13)32)15-4-5-17(29)24-18(15)30/h10-11,15H,4-9H2,1-3H3,(H,25,33)(H,24,29,30). The van der Waals surface area contributed by atoms with Crippen LogP contribution in [0.1, 0.15) is 54.3 Å². The number of nitrogens with one attached hydrogen (secondary N) is 2. The number of halogens is 1. The van der Waals surface area contributed by atoms with Gasteiger partial charge in [-0.1, -0.05) is 0 Å². The average Bonchev–Trinajstić information content (AvgIpc) is 2.96. The highest BCUT2D eigenvalue weighted by Gasteiger charge is 2.45. The molecule has 0 aromatic heterocycles. The van der Waals surface area contributed by atoms with Crippen LogP contribution in [0.25, 0.3) is 0 Å². The zero-order valence-corrected chi connectivity index (χ0v) is 19.1. The highest BCUT2D eigenvalue weighted by atomic mass is 19.1. The van der Waals surface area contributed by atoms with Crippen molar-refractivity contribution in [3.05, 3.63) is 29.1 Å². The van der Waals surface area contributed by atoms with E-state index in [-0.39, 0.29) is 29.7 Å². The summed E-state index contributed by atoms with van der Waals surface area (Å²) in [6, 6.07) is 1.23. The van der Waals surface area contributed by atoms with Crippen molar-refractivity contribution in [3.63, 3.8) is 0 Å². The summed E-state index contributed by atoms with van der Waals surface area (Å²) >= 11 is 0. The molecule has 5 amide bonds. The van der Waals surface area contributed by atoms with Gasteiger partial charge in [-0.05, 0) is 39.3 Å². The second-order valence-electron chi connectivity index (χ2n) is 9.38. The third-order valence-corrected chi connectivity index (χ3v) is 5.78. The molecule has 4 rings (SSSR count). The molecular formula is C22H26FN5O6. The summed E-state index contributed by atoms with van der Waals surface area (Å²) in [5.74, 6) is -3.31. The van der Waals surface area contributed by atoms with Crippen LogP contribution in [0.3, 0.4) is 0 Å². The molecule has 12 heteroatoms. The van der Waals surface area contributed by atoms with Gasteiger partial charge in [0.05, 0.1) is 16.8 Å². The van der Waals surface area contributed by atoms with Gasteiger partial charge < -0.3 is 9.64 Å². The van der Waals surface area contributed by atoms with Crippen LogP contribution in [-0.2, 0) is 14.3 Å². The van der Waals surface area contributed by atoms with Crippen molar-refractivity contribution < 1.29 is 33.1 Å². The molecule has 0 spiro atoms. The second kappa shape index (κ2) is 8.67. The predicted molar refractivity (Wildman–Crippen MR) is 116 cm³/mol. The highest BCUT2D eigenvalue weighted by molar-refractivity contribution is 6.23. The van der Waals surface area contributed by atoms with Crippen molar-refractivity contribution in [1.29, 1.82) is 0 Å². The maximum Gasteiger partial charge on any atom is 0.422 e. The molecule has 2 saturated heterocycles. The van der Waals surface area contributed by atoms with Gasteiger partial charge in [-0.2, -0.15) is 0 Å². The number of rotatable bonds is 3. The van der Waals surface area contributed by atoms with Crippen LogP contribution < -0.4 is 15.6 Å². The van der Waals surface area contributed by atoms with E-state index in [1.807, 2.05) is 0 Å². The van der Waals surface area contributed by atoms with Gasteiger partial charge in [0.1, 0.15) is 17.5 Å². The summed E-state index contributed by atoms with van der Waals surface area (Å²) in [7, 11) is 0. The Balaban J connectivity index is 1.46. The summed E-state index contributed by atoms with van der Waals surface area (Å²) in [6.07, 6.45) is -0.550. The van der Waals surface area contributed by atoms with Crippen molar-refractivity contribution in [2.45, 2.75) is 45.3 Å². The number of nitrogens with zero attached hydrogens (tertiary/aromatic N) is 3. The smallest absolute Gasteiger partial charge is 0.422 e. The minimum absolute atomic E-state index is 0.00499. The van der Waals surface area contributed by atoms with E-state index in [0.29, 0.717) is 26.2 Å². The van der Waals surface area contributed by atoms with Gasteiger partial charge in [-0.3, -0.25) is 34.8 Å². The molecule has 1 aromatic rings. The molecule has 0 aliphatic carbocycles. The first kappa shape index (κ1) is 23.6. The Morgan fingerprint density at radius 1 is 1.06 bits per heavy atom. The number of hydrazine groups is 1. The minimum Gasteiger partial charge on any atom is -0.443 e. The fraction of sp³-hybridized carbons (Fsp3) is 0.500. The molecule has 3 aliphatic rings. The van der Waals surface area contributed by atoms with E-state index in [1.54, 1.807) is 30.7 Å². The van der Waals surface area contributed by atoms with Crippen molar-refractivity contribution in [3.8, 4) is 0 Å². The van der Waals surface area contributed by atoms with Crippen molar-refractivity contribution >= 4 is 35.4 Å². The third kappa shape index (κ3) is 4.58. The van der Waals surface area contributed by atoms with Gasteiger partial charge in [0.15, 0.2) is 0 Å². The molecule has 0 radical (unpaired) electrons. The normalized spacial score (nSPS) is 21.5. The van der Waals surface area contributed by atoms with E-state index in [9.17, 15) is 28.4 Å². The van der Waals surface area contributed by atoms with Gasteiger partial charge >= 0.3 is 6.09 Å². The summed E-state index contributed by atoms with van der Waals surface area (Å²) in [5, 5.41) is 3.79. The van der Waals surface area contributed by atoms with Crippen LogP contribution in [-0.4, -0.2) is 77.5 Å². The molecule has 2 fully saturated rings. The molecule has 11 nitrogen and oxygen atoms in total. The lowest BCUT2D eigenvalue weighted by Crippen LogP contribution is -2.54. The zero-order valence-electron chi connectivity index (χ0n) is 19.1. The minimum atomic E-state index is -1.11. The number of piperidine rings is 1. The summed E-state index contributed by atoms with van der Waals surface area (Å²) in [6.45, 7) is 6.74. The number of hydrogen-bond donors (Lipinski definition) is 2. The lowest BCUT2D eigenvalue weighted by Gasteiger charge is -2.36. The molecule has 0 saturated carbocycles. The number of piperazine rings is 1. The first-order valence-corrected chi connectivity index (χ1v) is 11.0. The summed E-state index contributed by atoms with van der Waals surface area (Å²) in [4.78, 5) is 63.9. The number of anilines is 1. The van der Waals surface area contributed by atoms with E-state index in [1.165, 1.54) is 6.07 Å². The average molecular weight is 475 g/mol. The van der Waals surface area contributed by atoms with Gasteiger partial charge in [0.2, 0.25) is 11.8 Å². The van der Waals surface area contributed by atoms with Crippen molar-refractivity contribution in [2.24, 2.45) is 0 Å². The Morgan fingerprint density at radius 2 is 1.68 bits per heavy atom. The molecule has 3 heterocycles. The van der Waals surface area contributed by atoms with Gasteiger partial charge in [0, 0.05) is 32.6 Å². The van der Waals surface area contributed by atoms with E-state index in [0.717, 1.165) is 11.0 Å². The fourth-order valence-electron chi connectivity index (χ4n) is 4.21. The van der Waals surface area contributed by atoms with Gasteiger partial charge in [0.25, 0.3) is 11.8 Å². The number of carbonyl (C=O) groups excluding carboxylic acids is 5. The Hall–Kier alpha value is -3.54. The predicted octanol–water partition coefficient (Wildman–Crippen LogP) is 0.789. The maximum absolute atomic E-state index is 15.0. The van der Waals surface area contributed by atoms with Crippen molar-refractivity contribution in [1.82, 2.24) is 20.7 Å². The number of benzene rings is 1. The van der Waals surface area contributed by atoms with Gasteiger partial charge in [-0.25, -0.2) is 14.2 Å². The number of ether oxygens (including phenoxy) is 1. The Morgan fingerprint density at radius 3 is 2.26 bits per heavy atom. The largest absolute Gasteiger partial charge is 0.443 e. The molecule has 182 valence electrons. The van der Waals surface area contributed by atoms with Crippen LogP contribution in [0.2, 0.25) is 0 Å². The Kier molecular flexibility index (Phi) is 6.02. The first-order chi connectivity index (χ1) is 15.9. The van der Waals surface area contributed by atoms with E-state index < -0.39 is 47.2 Å². The topological polar surface area (TPSA) is 128 Å². The molecule has 1 aromatic carbocycles. The van der Waals surface area contributed by atoms with Crippen LogP contribution in [0.4, 0.5) is 14.9 Å². The number of carbonyl (C=O) groups is 5.